The molecule has 0 aliphatic heterocycles. The second-order valence-corrected chi connectivity index (χ2v) is 6.30. The molecule has 1 N–H and O–H groups in total. The summed E-state index contributed by atoms with van der Waals surface area (Å²) in [6.45, 7) is 8.22. The fourth-order valence-electron chi connectivity index (χ4n) is 3.39. The molecule has 0 unspecified atom stereocenters. The number of fused-ring (bicyclic) bond motifs is 1. The molecule has 1 aliphatic carbocycles. The number of hydrogen-bond acceptors (Lipinski definition) is 3. The Bertz CT molecular complexity index is 690. The zero-order valence-electron chi connectivity index (χ0n) is 14.5. The third-order valence-electron chi connectivity index (χ3n) is 4.89. The van der Waals surface area contributed by atoms with E-state index in [1.807, 2.05) is 23.0 Å². The molecule has 0 radical (unpaired) electrons. The third-order valence-corrected chi connectivity index (χ3v) is 4.89. The van der Waals surface area contributed by atoms with Gasteiger partial charge >= 0.3 is 0 Å². The van der Waals surface area contributed by atoms with E-state index in [-0.39, 0.29) is 11.8 Å². The summed E-state index contributed by atoms with van der Waals surface area (Å²) in [6, 6.07) is 8.24. The average Bonchev–Trinajstić information content (AvgIpc) is 3.22. The molecule has 128 valence electrons. The van der Waals surface area contributed by atoms with E-state index in [2.05, 4.69) is 41.3 Å². The topological polar surface area (TPSA) is 50.2 Å². The van der Waals surface area contributed by atoms with E-state index in [9.17, 15) is 4.79 Å². The first-order valence-electron chi connectivity index (χ1n) is 8.84. The fraction of sp³-hybridized carbons (Fsp3) is 0.474. The Morgan fingerprint density at radius 1 is 1.33 bits per heavy atom. The number of carbonyl (C=O) groups is 1. The number of hydrogen-bond donors (Lipinski definition) is 1. The number of nitrogens with one attached hydrogen (secondary N) is 1. The lowest BCUT2D eigenvalue weighted by molar-refractivity contribution is -0.117. The van der Waals surface area contributed by atoms with Crippen molar-refractivity contribution in [3.8, 4) is 0 Å². The lowest BCUT2D eigenvalue weighted by atomic mass is 10.0. The standard InChI is InChI=1S/C19H26N4O/c1-3-22(4-2)11-12-23-14-16(13-20-23)21-19(24)18-10-9-15-7-5-6-8-17(15)18/h5-8,13-14,18H,3-4,9-12H2,1-2H3,(H,21,24)/t18-/m1/s1. The number of likely N-dealkylation sites (N-methyl/N-ethyl adjacent to an activating group) is 1. The van der Waals surface area contributed by atoms with Crippen molar-refractivity contribution in [2.75, 3.05) is 25.0 Å². The molecule has 1 aliphatic rings. The van der Waals surface area contributed by atoms with Crippen molar-refractivity contribution < 1.29 is 4.79 Å². The molecule has 1 heterocycles. The van der Waals surface area contributed by atoms with Crippen LogP contribution < -0.4 is 5.32 Å². The van der Waals surface area contributed by atoms with Crippen molar-refractivity contribution in [1.82, 2.24) is 14.7 Å². The van der Waals surface area contributed by atoms with E-state index < -0.39 is 0 Å². The molecule has 1 aromatic carbocycles. The molecule has 0 spiro atoms. The van der Waals surface area contributed by atoms with Gasteiger partial charge in [0.2, 0.25) is 5.91 Å². The molecular formula is C19H26N4O. The Hall–Kier alpha value is -2.14. The summed E-state index contributed by atoms with van der Waals surface area (Å²) in [5.41, 5.74) is 3.25. The maximum absolute atomic E-state index is 12.6. The van der Waals surface area contributed by atoms with E-state index in [1.165, 1.54) is 11.1 Å². The molecule has 1 atom stereocenters. The first-order chi connectivity index (χ1) is 11.7. The smallest absolute Gasteiger partial charge is 0.232 e. The van der Waals surface area contributed by atoms with Crippen molar-refractivity contribution >= 4 is 11.6 Å². The first kappa shape index (κ1) is 16.7. The quantitative estimate of drug-likeness (QED) is 0.851. The van der Waals surface area contributed by atoms with E-state index in [1.54, 1.807) is 6.20 Å². The fourth-order valence-corrected chi connectivity index (χ4v) is 3.39. The maximum atomic E-state index is 12.6. The number of amides is 1. The van der Waals surface area contributed by atoms with E-state index in [4.69, 9.17) is 0 Å². The van der Waals surface area contributed by atoms with Crippen LogP contribution in [-0.4, -0.2) is 40.2 Å². The molecule has 1 aromatic heterocycles. The number of aromatic nitrogens is 2. The summed E-state index contributed by atoms with van der Waals surface area (Å²) < 4.78 is 1.90. The monoisotopic (exact) mass is 326 g/mol. The molecule has 1 amide bonds. The Morgan fingerprint density at radius 2 is 2.12 bits per heavy atom. The van der Waals surface area contributed by atoms with Gasteiger partial charge in [0.15, 0.2) is 0 Å². The van der Waals surface area contributed by atoms with Crippen LogP contribution in [0, 0.1) is 0 Å². The zero-order chi connectivity index (χ0) is 16.9. The number of aryl methyl sites for hydroxylation is 1. The zero-order valence-corrected chi connectivity index (χ0v) is 14.5. The summed E-state index contributed by atoms with van der Waals surface area (Å²) in [5.74, 6) is 0.0310. The second-order valence-electron chi connectivity index (χ2n) is 6.30. The third kappa shape index (κ3) is 3.67. The van der Waals surface area contributed by atoms with Crippen LogP contribution in [0.3, 0.4) is 0 Å². The van der Waals surface area contributed by atoms with Gasteiger partial charge in [-0.25, -0.2) is 0 Å². The van der Waals surface area contributed by atoms with Crippen molar-refractivity contribution in [3.05, 3.63) is 47.8 Å². The Morgan fingerprint density at radius 3 is 2.92 bits per heavy atom. The molecular weight excluding hydrogens is 300 g/mol. The molecule has 3 rings (SSSR count). The summed E-state index contributed by atoms with van der Waals surface area (Å²) in [4.78, 5) is 14.9. The van der Waals surface area contributed by atoms with Gasteiger partial charge in [0.25, 0.3) is 0 Å². The molecule has 0 saturated carbocycles. The summed E-state index contributed by atoms with van der Waals surface area (Å²) in [6.07, 6.45) is 5.53. The first-order valence-corrected chi connectivity index (χ1v) is 8.84. The number of benzene rings is 1. The molecule has 2 aromatic rings. The number of carbonyl (C=O) groups excluding carboxylic acids is 1. The van der Waals surface area contributed by atoms with Crippen molar-refractivity contribution in [2.24, 2.45) is 0 Å². The van der Waals surface area contributed by atoms with Crippen LogP contribution in [0.25, 0.3) is 0 Å². The van der Waals surface area contributed by atoms with Gasteiger partial charge in [0.1, 0.15) is 0 Å². The van der Waals surface area contributed by atoms with Crippen molar-refractivity contribution in [2.45, 2.75) is 39.2 Å². The van der Waals surface area contributed by atoms with Crippen LogP contribution in [0.15, 0.2) is 36.7 Å². The summed E-state index contributed by atoms with van der Waals surface area (Å²) in [5, 5.41) is 7.38. The Balaban J connectivity index is 1.58. The van der Waals surface area contributed by atoms with Gasteiger partial charge in [-0.2, -0.15) is 5.10 Å². The van der Waals surface area contributed by atoms with Crippen LogP contribution in [0.4, 0.5) is 5.69 Å². The molecule has 24 heavy (non-hydrogen) atoms. The highest BCUT2D eigenvalue weighted by molar-refractivity contribution is 5.96. The Labute approximate surface area is 143 Å². The van der Waals surface area contributed by atoms with Gasteiger partial charge in [-0.15, -0.1) is 0 Å². The van der Waals surface area contributed by atoms with Gasteiger partial charge in [-0.1, -0.05) is 38.1 Å². The summed E-state index contributed by atoms with van der Waals surface area (Å²) in [7, 11) is 0. The van der Waals surface area contributed by atoms with Gasteiger partial charge in [-0.05, 0) is 37.1 Å². The highest BCUT2D eigenvalue weighted by Gasteiger charge is 2.28. The van der Waals surface area contributed by atoms with E-state index >= 15 is 0 Å². The minimum atomic E-state index is -0.0415. The van der Waals surface area contributed by atoms with Gasteiger partial charge in [0.05, 0.1) is 24.3 Å². The summed E-state index contributed by atoms with van der Waals surface area (Å²) >= 11 is 0. The van der Waals surface area contributed by atoms with Gasteiger partial charge in [-0.3, -0.25) is 9.48 Å². The largest absolute Gasteiger partial charge is 0.323 e. The maximum Gasteiger partial charge on any atom is 0.232 e. The highest BCUT2D eigenvalue weighted by Crippen LogP contribution is 2.33. The van der Waals surface area contributed by atoms with Crippen LogP contribution in [0.1, 0.15) is 37.3 Å². The SMILES string of the molecule is CCN(CC)CCn1cc(NC(=O)[C@@H]2CCc3ccccc32)cn1. The van der Waals surface area contributed by atoms with Gasteiger partial charge < -0.3 is 10.2 Å². The average molecular weight is 326 g/mol. The minimum absolute atomic E-state index is 0.0415. The second kappa shape index (κ2) is 7.62. The number of nitrogens with zero attached hydrogens (tertiary/aromatic N) is 3. The van der Waals surface area contributed by atoms with Gasteiger partial charge in [0, 0.05) is 12.7 Å². The molecule has 0 fully saturated rings. The van der Waals surface area contributed by atoms with Crippen molar-refractivity contribution in [1.29, 1.82) is 0 Å². The van der Waals surface area contributed by atoms with E-state index in [0.717, 1.165) is 44.7 Å². The number of anilines is 1. The normalized spacial score (nSPS) is 16.4. The molecule has 5 nitrogen and oxygen atoms in total. The lowest BCUT2D eigenvalue weighted by Gasteiger charge is -2.17. The minimum Gasteiger partial charge on any atom is -0.323 e. The number of rotatable bonds is 7. The predicted octanol–water partition coefficient (Wildman–Crippen LogP) is 2.89. The van der Waals surface area contributed by atoms with Crippen molar-refractivity contribution in [3.63, 3.8) is 0 Å². The highest BCUT2D eigenvalue weighted by atomic mass is 16.1. The van der Waals surface area contributed by atoms with Crippen LogP contribution in [-0.2, 0) is 17.8 Å². The lowest BCUT2D eigenvalue weighted by Crippen LogP contribution is -2.27. The van der Waals surface area contributed by atoms with Crippen LogP contribution in [0.5, 0.6) is 0 Å². The van der Waals surface area contributed by atoms with Crippen LogP contribution in [0.2, 0.25) is 0 Å². The predicted molar refractivity (Wildman–Crippen MR) is 96.1 cm³/mol. The molecule has 0 bridgehead atoms. The molecule has 0 saturated heterocycles. The Kier molecular flexibility index (Phi) is 5.30. The van der Waals surface area contributed by atoms with E-state index in [0.29, 0.717) is 0 Å². The molecule has 5 heteroatoms. The van der Waals surface area contributed by atoms with Crippen LogP contribution >= 0.6 is 0 Å².